The number of amides is 2. The van der Waals surface area contributed by atoms with Gasteiger partial charge in [-0.2, -0.15) is 4.90 Å². The summed E-state index contributed by atoms with van der Waals surface area (Å²) < 4.78 is 10.8. The minimum atomic E-state index is -0.857. The minimum absolute atomic E-state index is 0.135. The topological polar surface area (TPSA) is 68.7 Å². The number of carbonyl (C=O) groups excluding carboxylic acids is 2. The molecule has 2 rings (SSSR count). The van der Waals surface area contributed by atoms with E-state index in [0.717, 1.165) is 15.8 Å². The van der Waals surface area contributed by atoms with Gasteiger partial charge >= 0.3 is 12.2 Å². The third kappa shape index (κ3) is 5.10. The second kappa shape index (κ2) is 7.35. The Morgan fingerprint density at radius 2 is 1.44 bits per heavy atom. The van der Waals surface area contributed by atoms with Crippen LogP contribution in [0, 0.1) is 6.92 Å². The molecule has 0 saturated heterocycles. The van der Waals surface area contributed by atoms with Crippen molar-refractivity contribution in [3.05, 3.63) is 35.0 Å². The van der Waals surface area contributed by atoms with Gasteiger partial charge < -0.3 is 9.47 Å². The van der Waals surface area contributed by atoms with Gasteiger partial charge in [-0.25, -0.2) is 14.6 Å². The van der Waals surface area contributed by atoms with E-state index >= 15 is 0 Å². The number of anilines is 1. The summed E-state index contributed by atoms with van der Waals surface area (Å²) in [5, 5.41) is 1.96. The summed E-state index contributed by atoms with van der Waals surface area (Å²) in [4.78, 5) is 30.7. The molecule has 7 heteroatoms. The Morgan fingerprint density at radius 1 is 0.926 bits per heavy atom. The average molecular weight is 393 g/mol. The number of nitrogens with zero attached hydrogens (tertiary/aromatic N) is 2. The first kappa shape index (κ1) is 21.0. The molecular weight excluding hydrogens is 368 g/mol. The van der Waals surface area contributed by atoms with Crippen molar-refractivity contribution < 1.29 is 19.1 Å². The molecule has 2 aromatic rings. The van der Waals surface area contributed by atoms with Crippen molar-refractivity contribution in [1.82, 2.24) is 4.98 Å². The monoisotopic (exact) mass is 392 g/mol. The highest BCUT2D eigenvalue weighted by molar-refractivity contribution is 6.32. The maximum Gasteiger partial charge on any atom is 0.425 e. The van der Waals surface area contributed by atoms with Crippen LogP contribution in [-0.2, 0) is 9.47 Å². The van der Waals surface area contributed by atoms with E-state index in [9.17, 15) is 9.59 Å². The molecule has 0 radical (unpaired) electrons. The molecule has 0 N–H and O–H groups in total. The van der Waals surface area contributed by atoms with E-state index in [1.54, 1.807) is 59.7 Å². The summed E-state index contributed by atoms with van der Waals surface area (Å²) in [7, 11) is 0. The Hall–Kier alpha value is -2.34. The maximum absolute atomic E-state index is 12.8. The van der Waals surface area contributed by atoms with E-state index in [2.05, 4.69) is 4.98 Å². The molecule has 0 aliphatic rings. The van der Waals surface area contributed by atoms with Gasteiger partial charge in [0.1, 0.15) is 11.2 Å². The predicted octanol–water partition coefficient (Wildman–Crippen LogP) is 5.87. The number of hydrogen-bond donors (Lipinski definition) is 0. The van der Waals surface area contributed by atoms with E-state index in [4.69, 9.17) is 21.1 Å². The quantitative estimate of drug-likeness (QED) is 0.606. The molecule has 0 atom stereocenters. The number of fused-ring (bicyclic) bond motifs is 1. The van der Waals surface area contributed by atoms with E-state index in [1.807, 2.05) is 6.92 Å². The van der Waals surface area contributed by atoms with Crippen molar-refractivity contribution >= 4 is 40.4 Å². The molecule has 27 heavy (non-hydrogen) atoms. The number of aromatic nitrogens is 1. The van der Waals surface area contributed by atoms with E-state index < -0.39 is 23.4 Å². The van der Waals surface area contributed by atoms with Gasteiger partial charge in [-0.05, 0) is 77.6 Å². The van der Waals surface area contributed by atoms with Crippen molar-refractivity contribution in [2.45, 2.75) is 59.7 Å². The van der Waals surface area contributed by atoms with Gasteiger partial charge in [0, 0.05) is 16.6 Å². The lowest BCUT2D eigenvalue weighted by molar-refractivity contribution is 0.0429. The number of carbonyl (C=O) groups is 2. The Kier molecular flexibility index (Phi) is 5.71. The summed E-state index contributed by atoms with van der Waals surface area (Å²) in [6, 6.07) is 5.20. The molecule has 2 amide bonds. The fraction of sp³-hybridized carbons (Fsp3) is 0.450. The zero-order valence-corrected chi connectivity index (χ0v) is 17.5. The molecule has 1 aromatic carbocycles. The van der Waals surface area contributed by atoms with Gasteiger partial charge in [-0.1, -0.05) is 11.6 Å². The van der Waals surface area contributed by atoms with Crippen LogP contribution in [0.3, 0.4) is 0 Å². The number of hydrogen-bond acceptors (Lipinski definition) is 5. The normalized spacial score (nSPS) is 12.0. The largest absolute Gasteiger partial charge is 0.443 e. The molecule has 0 saturated carbocycles. The molecule has 146 valence electrons. The number of aryl methyl sites for hydroxylation is 1. The highest BCUT2D eigenvalue weighted by Gasteiger charge is 2.34. The predicted molar refractivity (Wildman–Crippen MR) is 106 cm³/mol. The molecule has 0 unspecified atom stereocenters. The van der Waals surface area contributed by atoms with Crippen molar-refractivity contribution in [2.75, 3.05) is 4.90 Å². The van der Waals surface area contributed by atoms with Crippen molar-refractivity contribution in [2.24, 2.45) is 0 Å². The summed E-state index contributed by atoms with van der Waals surface area (Å²) in [5.74, 6) is 0.135. The van der Waals surface area contributed by atoms with Crippen LogP contribution in [-0.4, -0.2) is 28.4 Å². The Labute approximate surface area is 164 Å². The first-order valence-corrected chi connectivity index (χ1v) is 8.98. The molecule has 0 bridgehead atoms. The first-order chi connectivity index (χ1) is 12.3. The van der Waals surface area contributed by atoms with Crippen LogP contribution >= 0.6 is 11.6 Å². The average Bonchev–Trinajstić information content (AvgIpc) is 2.48. The van der Waals surface area contributed by atoms with Crippen LogP contribution in [0.15, 0.2) is 24.4 Å². The highest BCUT2D eigenvalue weighted by atomic mass is 35.5. The summed E-state index contributed by atoms with van der Waals surface area (Å²) in [5.41, 5.74) is -0.756. The zero-order valence-electron chi connectivity index (χ0n) is 16.7. The lowest BCUT2D eigenvalue weighted by Crippen LogP contribution is -2.44. The number of imide groups is 1. The van der Waals surface area contributed by atoms with Gasteiger partial charge in [-0.15, -0.1) is 0 Å². The van der Waals surface area contributed by atoms with Crippen molar-refractivity contribution in [1.29, 1.82) is 0 Å². The standard InChI is InChI=1S/C20H25ClN2O4/c1-12-13-10-11-22-16(14(13)8-9-15(12)21)23(17(24)26-19(2,3)4)18(25)27-20(5,6)7/h8-11H,1-7H3. The molecular formula is C20H25ClN2O4. The Morgan fingerprint density at radius 3 is 1.93 bits per heavy atom. The summed E-state index contributed by atoms with van der Waals surface area (Å²) >= 11 is 6.20. The Balaban J connectivity index is 2.63. The first-order valence-electron chi connectivity index (χ1n) is 8.60. The lowest BCUT2D eigenvalue weighted by Gasteiger charge is -2.28. The number of halogens is 1. The number of ether oxygens (including phenoxy) is 2. The molecule has 0 spiro atoms. The zero-order chi connectivity index (χ0) is 20.6. The number of pyridine rings is 1. The van der Waals surface area contributed by atoms with E-state index in [1.165, 1.54) is 6.20 Å². The van der Waals surface area contributed by atoms with Crippen LogP contribution < -0.4 is 4.90 Å². The van der Waals surface area contributed by atoms with Crippen LogP contribution in [0.4, 0.5) is 15.4 Å². The fourth-order valence-corrected chi connectivity index (χ4v) is 2.57. The molecule has 0 aliphatic carbocycles. The Bertz CT molecular complexity index is 854. The van der Waals surface area contributed by atoms with Gasteiger partial charge in [0.05, 0.1) is 0 Å². The third-order valence-corrected chi connectivity index (χ3v) is 3.90. The maximum atomic E-state index is 12.8. The smallest absolute Gasteiger partial charge is 0.425 e. The minimum Gasteiger partial charge on any atom is -0.443 e. The van der Waals surface area contributed by atoms with Crippen LogP contribution in [0.25, 0.3) is 10.8 Å². The van der Waals surface area contributed by atoms with Crippen LogP contribution in [0.5, 0.6) is 0 Å². The second-order valence-electron chi connectivity index (χ2n) is 8.20. The lowest BCUT2D eigenvalue weighted by atomic mass is 10.1. The molecule has 0 aliphatic heterocycles. The summed E-state index contributed by atoms with van der Waals surface area (Å²) in [6.07, 6.45) is -0.198. The highest BCUT2D eigenvalue weighted by Crippen LogP contribution is 2.32. The number of benzene rings is 1. The van der Waals surface area contributed by atoms with Crippen molar-refractivity contribution in [3.8, 4) is 0 Å². The molecule has 6 nitrogen and oxygen atoms in total. The molecule has 1 heterocycles. The SMILES string of the molecule is Cc1c(Cl)ccc2c(N(C(=O)OC(C)(C)C)C(=O)OC(C)(C)C)nccc12. The van der Waals surface area contributed by atoms with Gasteiger partial charge in [0.15, 0.2) is 5.82 Å². The van der Waals surface area contributed by atoms with E-state index in [0.29, 0.717) is 10.4 Å². The van der Waals surface area contributed by atoms with Gasteiger partial charge in [0.2, 0.25) is 0 Å². The van der Waals surface area contributed by atoms with E-state index in [-0.39, 0.29) is 5.82 Å². The third-order valence-electron chi connectivity index (χ3n) is 3.49. The molecule has 1 aromatic heterocycles. The van der Waals surface area contributed by atoms with Gasteiger partial charge in [-0.3, -0.25) is 0 Å². The molecule has 0 fully saturated rings. The fourth-order valence-electron chi connectivity index (χ4n) is 2.40. The van der Waals surface area contributed by atoms with Crippen LogP contribution in [0.1, 0.15) is 47.1 Å². The van der Waals surface area contributed by atoms with Gasteiger partial charge in [0.25, 0.3) is 0 Å². The number of rotatable bonds is 1. The second-order valence-corrected chi connectivity index (χ2v) is 8.61. The van der Waals surface area contributed by atoms with Crippen LogP contribution in [0.2, 0.25) is 5.02 Å². The van der Waals surface area contributed by atoms with Crippen molar-refractivity contribution in [3.63, 3.8) is 0 Å². The summed E-state index contributed by atoms with van der Waals surface area (Å²) in [6.45, 7) is 12.2.